The third-order valence-electron chi connectivity index (χ3n) is 4.24. The molecule has 0 saturated heterocycles. The number of nitrogens with zero attached hydrogens (tertiary/aromatic N) is 2. The summed E-state index contributed by atoms with van der Waals surface area (Å²) in [4.78, 5) is 21.6. The van der Waals surface area contributed by atoms with Crippen LogP contribution in [0.1, 0.15) is 16.1 Å². The van der Waals surface area contributed by atoms with Crippen LogP contribution in [0.15, 0.2) is 79.0 Å². The molecule has 0 spiro atoms. The lowest BCUT2D eigenvalue weighted by atomic mass is 10.0. The number of carbonyl (C=O) groups excluding carboxylic acids is 1. The van der Waals surface area contributed by atoms with E-state index in [0.29, 0.717) is 28.7 Å². The van der Waals surface area contributed by atoms with Crippen LogP contribution >= 0.6 is 0 Å². The van der Waals surface area contributed by atoms with Crippen LogP contribution in [0.25, 0.3) is 22.2 Å². The van der Waals surface area contributed by atoms with Gasteiger partial charge in [0.1, 0.15) is 5.82 Å². The number of rotatable bonds is 4. The van der Waals surface area contributed by atoms with Crippen molar-refractivity contribution in [3.63, 3.8) is 0 Å². The summed E-state index contributed by atoms with van der Waals surface area (Å²) < 4.78 is 13.8. The van der Waals surface area contributed by atoms with Crippen molar-refractivity contribution in [1.82, 2.24) is 15.3 Å². The van der Waals surface area contributed by atoms with Gasteiger partial charge < -0.3 is 5.32 Å². The van der Waals surface area contributed by atoms with E-state index in [9.17, 15) is 9.18 Å². The van der Waals surface area contributed by atoms with Gasteiger partial charge in [0.05, 0.1) is 29.0 Å². The molecule has 0 fully saturated rings. The summed E-state index contributed by atoms with van der Waals surface area (Å²) in [5, 5.41) is 3.33. The van der Waals surface area contributed by atoms with Gasteiger partial charge in [0.15, 0.2) is 0 Å². The summed E-state index contributed by atoms with van der Waals surface area (Å²) >= 11 is 0. The molecule has 2 aromatic heterocycles. The number of pyridine rings is 2. The van der Waals surface area contributed by atoms with Crippen LogP contribution in [0.3, 0.4) is 0 Å². The van der Waals surface area contributed by atoms with Crippen LogP contribution in [0.2, 0.25) is 0 Å². The minimum absolute atomic E-state index is 0.291. The predicted molar refractivity (Wildman–Crippen MR) is 103 cm³/mol. The Bertz CT molecular complexity index is 1100. The standard InChI is InChI=1S/C22H16FN3O/c23-16-9-10-20-18(12-16)19(13-21(26-20)15-6-2-1-3-7-15)22(27)25-14-17-8-4-5-11-24-17/h1-13H,14H2,(H,25,27). The van der Waals surface area contributed by atoms with Crippen molar-refractivity contribution in [3.8, 4) is 11.3 Å². The molecular formula is C22H16FN3O. The van der Waals surface area contributed by atoms with Crippen molar-refractivity contribution < 1.29 is 9.18 Å². The lowest BCUT2D eigenvalue weighted by molar-refractivity contribution is 0.0952. The number of hydrogen-bond donors (Lipinski definition) is 1. The second-order valence-corrected chi connectivity index (χ2v) is 6.09. The second kappa shape index (κ2) is 7.33. The molecule has 0 bridgehead atoms. The van der Waals surface area contributed by atoms with E-state index in [2.05, 4.69) is 15.3 Å². The summed E-state index contributed by atoms with van der Waals surface area (Å²) in [7, 11) is 0. The molecule has 0 aliphatic rings. The van der Waals surface area contributed by atoms with Crippen molar-refractivity contribution in [2.75, 3.05) is 0 Å². The maximum atomic E-state index is 13.8. The Morgan fingerprint density at radius 2 is 1.78 bits per heavy atom. The van der Waals surface area contributed by atoms with Gasteiger partial charge in [-0.3, -0.25) is 9.78 Å². The first-order chi connectivity index (χ1) is 13.2. The molecule has 1 N–H and O–H groups in total. The Balaban J connectivity index is 1.75. The van der Waals surface area contributed by atoms with Crippen molar-refractivity contribution in [3.05, 3.63) is 96.1 Å². The van der Waals surface area contributed by atoms with E-state index in [1.54, 1.807) is 18.3 Å². The van der Waals surface area contributed by atoms with E-state index in [4.69, 9.17) is 0 Å². The highest BCUT2D eigenvalue weighted by Crippen LogP contribution is 2.25. The quantitative estimate of drug-likeness (QED) is 0.590. The van der Waals surface area contributed by atoms with Gasteiger partial charge in [-0.05, 0) is 36.4 Å². The first kappa shape index (κ1) is 16.8. The van der Waals surface area contributed by atoms with E-state index in [1.165, 1.54) is 12.1 Å². The Kier molecular flexibility index (Phi) is 4.58. The summed E-state index contributed by atoms with van der Waals surface area (Å²) in [6, 6.07) is 21.1. The minimum Gasteiger partial charge on any atom is -0.346 e. The lowest BCUT2D eigenvalue weighted by Crippen LogP contribution is -2.23. The molecule has 27 heavy (non-hydrogen) atoms. The zero-order valence-electron chi connectivity index (χ0n) is 14.4. The first-order valence-electron chi connectivity index (χ1n) is 8.54. The average molecular weight is 357 g/mol. The maximum absolute atomic E-state index is 13.8. The van der Waals surface area contributed by atoms with Gasteiger partial charge in [-0.25, -0.2) is 9.37 Å². The molecule has 5 heteroatoms. The fraction of sp³-hybridized carbons (Fsp3) is 0.0455. The molecule has 0 radical (unpaired) electrons. The number of benzene rings is 2. The average Bonchev–Trinajstić information content (AvgIpc) is 2.72. The smallest absolute Gasteiger partial charge is 0.252 e. The zero-order valence-corrected chi connectivity index (χ0v) is 14.4. The SMILES string of the molecule is O=C(NCc1ccccn1)c1cc(-c2ccccc2)nc2ccc(F)cc12. The Morgan fingerprint density at radius 3 is 2.56 bits per heavy atom. The molecule has 0 aliphatic carbocycles. The largest absolute Gasteiger partial charge is 0.346 e. The third-order valence-corrected chi connectivity index (χ3v) is 4.24. The van der Waals surface area contributed by atoms with Crippen molar-refractivity contribution >= 4 is 16.8 Å². The molecular weight excluding hydrogens is 341 g/mol. The van der Waals surface area contributed by atoms with Crippen molar-refractivity contribution in [1.29, 1.82) is 0 Å². The molecule has 1 amide bonds. The van der Waals surface area contributed by atoms with E-state index in [1.807, 2.05) is 48.5 Å². The molecule has 4 rings (SSSR count). The molecule has 0 atom stereocenters. The predicted octanol–water partition coefficient (Wildman–Crippen LogP) is 4.37. The third kappa shape index (κ3) is 3.67. The van der Waals surface area contributed by atoms with Crippen LogP contribution in [0.5, 0.6) is 0 Å². The van der Waals surface area contributed by atoms with Gasteiger partial charge in [-0.1, -0.05) is 36.4 Å². The van der Waals surface area contributed by atoms with E-state index < -0.39 is 5.82 Å². The molecule has 4 aromatic rings. The number of fused-ring (bicyclic) bond motifs is 1. The van der Waals surface area contributed by atoms with E-state index in [-0.39, 0.29) is 5.91 Å². The highest BCUT2D eigenvalue weighted by atomic mass is 19.1. The van der Waals surface area contributed by atoms with Gasteiger partial charge in [-0.15, -0.1) is 0 Å². The van der Waals surface area contributed by atoms with Gasteiger partial charge in [0, 0.05) is 17.1 Å². The van der Waals surface area contributed by atoms with Crippen LogP contribution in [-0.2, 0) is 6.54 Å². The Hall–Kier alpha value is -3.60. The highest BCUT2D eigenvalue weighted by Gasteiger charge is 2.15. The molecule has 0 aliphatic heterocycles. The second-order valence-electron chi connectivity index (χ2n) is 6.09. The fourth-order valence-electron chi connectivity index (χ4n) is 2.91. The number of hydrogen-bond acceptors (Lipinski definition) is 3. The van der Waals surface area contributed by atoms with Crippen LogP contribution in [-0.4, -0.2) is 15.9 Å². The summed E-state index contributed by atoms with van der Waals surface area (Å²) in [6.45, 7) is 0.291. The Morgan fingerprint density at radius 1 is 0.963 bits per heavy atom. The molecule has 0 saturated carbocycles. The molecule has 132 valence electrons. The maximum Gasteiger partial charge on any atom is 0.252 e. The van der Waals surface area contributed by atoms with E-state index >= 15 is 0 Å². The van der Waals surface area contributed by atoms with Gasteiger partial charge in [0.2, 0.25) is 0 Å². The van der Waals surface area contributed by atoms with Crippen molar-refractivity contribution in [2.24, 2.45) is 0 Å². The number of carbonyl (C=O) groups is 1. The van der Waals surface area contributed by atoms with Gasteiger partial charge in [0.25, 0.3) is 5.91 Å². The molecule has 4 nitrogen and oxygen atoms in total. The zero-order chi connectivity index (χ0) is 18.6. The highest BCUT2D eigenvalue weighted by molar-refractivity contribution is 6.07. The summed E-state index contributed by atoms with van der Waals surface area (Å²) in [5.74, 6) is -0.702. The van der Waals surface area contributed by atoms with Gasteiger partial charge >= 0.3 is 0 Å². The lowest BCUT2D eigenvalue weighted by Gasteiger charge is -2.11. The molecule has 0 unspecified atom stereocenters. The number of halogens is 1. The number of amides is 1. The minimum atomic E-state index is -0.407. The molecule has 2 heterocycles. The van der Waals surface area contributed by atoms with Crippen molar-refractivity contribution in [2.45, 2.75) is 6.54 Å². The monoisotopic (exact) mass is 357 g/mol. The van der Waals surface area contributed by atoms with Crippen LogP contribution in [0, 0.1) is 5.82 Å². The first-order valence-corrected chi connectivity index (χ1v) is 8.54. The fourth-order valence-corrected chi connectivity index (χ4v) is 2.91. The van der Waals surface area contributed by atoms with E-state index in [0.717, 1.165) is 11.3 Å². The summed E-state index contributed by atoms with van der Waals surface area (Å²) in [6.07, 6.45) is 1.67. The Labute approximate surface area is 155 Å². The number of nitrogens with one attached hydrogen (secondary N) is 1. The van der Waals surface area contributed by atoms with Gasteiger partial charge in [-0.2, -0.15) is 0 Å². The number of aromatic nitrogens is 2. The topological polar surface area (TPSA) is 54.9 Å². The van der Waals surface area contributed by atoms with Crippen LogP contribution < -0.4 is 5.32 Å². The van der Waals surface area contributed by atoms with Crippen LogP contribution in [0.4, 0.5) is 4.39 Å². The molecule has 2 aromatic carbocycles. The summed E-state index contributed by atoms with van der Waals surface area (Å²) in [5.41, 5.74) is 3.26. The normalized spacial score (nSPS) is 10.7.